The zero-order valence-corrected chi connectivity index (χ0v) is 13.3. The molecule has 2 atom stereocenters. The Kier molecular flexibility index (Phi) is 4.20. The number of nitro groups is 1. The summed E-state index contributed by atoms with van der Waals surface area (Å²) in [6, 6.07) is 1.26. The van der Waals surface area contributed by atoms with Crippen molar-refractivity contribution in [2.45, 2.75) is 50.4 Å². The summed E-state index contributed by atoms with van der Waals surface area (Å²) < 4.78 is 6.10. The summed E-state index contributed by atoms with van der Waals surface area (Å²) in [4.78, 5) is 24.9. The number of hydrogen-bond acceptors (Lipinski definition) is 6. The Labute approximate surface area is 133 Å². The normalized spacial score (nSPS) is 27.0. The molecule has 23 heavy (non-hydrogen) atoms. The highest BCUT2D eigenvalue weighted by Gasteiger charge is 2.38. The van der Waals surface area contributed by atoms with E-state index in [2.05, 4.69) is 22.4 Å². The number of aromatic nitrogens is 2. The van der Waals surface area contributed by atoms with E-state index < -0.39 is 4.92 Å². The van der Waals surface area contributed by atoms with Crippen molar-refractivity contribution in [1.82, 2.24) is 20.0 Å². The third-order valence-electron chi connectivity index (χ3n) is 4.87. The van der Waals surface area contributed by atoms with Gasteiger partial charge in [-0.15, -0.1) is 5.10 Å². The monoisotopic (exact) mass is 323 g/mol. The molecule has 2 saturated heterocycles. The lowest BCUT2D eigenvalue weighted by molar-refractivity contribution is -0.385. The van der Waals surface area contributed by atoms with E-state index in [0.29, 0.717) is 12.1 Å². The van der Waals surface area contributed by atoms with Gasteiger partial charge in [-0.05, 0) is 32.7 Å². The maximum atomic E-state index is 12.2. The Morgan fingerprint density at radius 2 is 2.13 bits per heavy atom. The van der Waals surface area contributed by atoms with Crippen molar-refractivity contribution in [3.8, 4) is 5.88 Å². The number of nitrogens with one attached hydrogen (secondary N) is 1. The molecule has 2 aliphatic rings. The maximum Gasteiger partial charge on any atom is 0.350 e. The van der Waals surface area contributed by atoms with E-state index in [-0.39, 0.29) is 30.1 Å². The second-order valence-corrected chi connectivity index (χ2v) is 6.26. The third-order valence-corrected chi connectivity index (χ3v) is 4.87. The van der Waals surface area contributed by atoms with Gasteiger partial charge in [0, 0.05) is 18.1 Å². The number of ether oxygens (including phenoxy) is 1. The molecule has 3 heterocycles. The van der Waals surface area contributed by atoms with Crippen molar-refractivity contribution in [3.05, 3.63) is 16.3 Å². The molecule has 0 spiro atoms. The number of hydrogen-bond donors (Lipinski definition) is 1. The van der Waals surface area contributed by atoms with Crippen LogP contribution in [-0.2, 0) is 11.3 Å². The molecule has 1 aromatic heterocycles. The largest absolute Gasteiger partial charge is 0.475 e. The Hall–Kier alpha value is -2.16. The van der Waals surface area contributed by atoms with Gasteiger partial charge >= 0.3 is 11.6 Å². The van der Waals surface area contributed by atoms with Crippen LogP contribution in [0.5, 0.6) is 5.88 Å². The average Bonchev–Trinajstić information content (AvgIpc) is 2.97. The highest BCUT2D eigenvalue weighted by Crippen LogP contribution is 2.34. The van der Waals surface area contributed by atoms with Crippen molar-refractivity contribution in [3.63, 3.8) is 0 Å². The van der Waals surface area contributed by atoms with Gasteiger partial charge in [0.15, 0.2) is 0 Å². The van der Waals surface area contributed by atoms with Crippen LogP contribution in [0.25, 0.3) is 0 Å². The molecule has 0 aliphatic carbocycles. The van der Waals surface area contributed by atoms with Gasteiger partial charge in [0.1, 0.15) is 12.7 Å². The van der Waals surface area contributed by atoms with E-state index in [9.17, 15) is 14.9 Å². The Morgan fingerprint density at radius 3 is 2.65 bits per heavy atom. The predicted octanol–water partition coefficient (Wildman–Crippen LogP) is 0.541. The zero-order chi connectivity index (χ0) is 16.6. The number of nitrogens with zero attached hydrogens (tertiary/aromatic N) is 4. The van der Waals surface area contributed by atoms with E-state index in [0.717, 1.165) is 12.8 Å². The van der Waals surface area contributed by atoms with Gasteiger partial charge in [0.05, 0.1) is 12.0 Å². The number of piperidine rings is 1. The molecular formula is C14H21N5O4. The number of amides is 1. The molecule has 126 valence electrons. The molecule has 1 aromatic rings. The van der Waals surface area contributed by atoms with E-state index in [1.165, 1.54) is 30.8 Å². The summed E-state index contributed by atoms with van der Waals surface area (Å²) in [5.41, 5.74) is -0.238. The molecule has 1 amide bonds. The molecule has 9 nitrogen and oxygen atoms in total. The highest BCUT2D eigenvalue weighted by molar-refractivity contribution is 5.76. The summed E-state index contributed by atoms with van der Waals surface area (Å²) >= 11 is 0. The quantitative estimate of drug-likeness (QED) is 0.627. The number of carbonyl (C=O) groups is 1. The minimum absolute atomic E-state index is 0.0497. The first-order valence-corrected chi connectivity index (χ1v) is 7.75. The first kappa shape index (κ1) is 15.7. The predicted molar refractivity (Wildman–Crippen MR) is 81.2 cm³/mol. The van der Waals surface area contributed by atoms with Gasteiger partial charge in [-0.25, -0.2) is 0 Å². The van der Waals surface area contributed by atoms with Crippen molar-refractivity contribution >= 4 is 11.6 Å². The van der Waals surface area contributed by atoms with Gasteiger partial charge in [0.25, 0.3) is 0 Å². The Morgan fingerprint density at radius 1 is 1.48 bits per heavy atom. The van der Waals surface area contributed by atoms with Crippen molar-refractivity contribution in [2.24, 2.45) is 0 Å². The van der Waals surface area contributed by atoms with Gasteiger partial charge in [-0.1, -0.05) is 0 Å². The third kappa shape index (κ3) is 3.14. The topological polar surface area (TPSA) is 103 Å². The van der Waals surface area contributed by atoms with Gasteiger partial charge in [-0.3, -0.25) is 19.6 Å². The van der Waals surface area contributed by atoms with Crippen molar-refractivity contribution in [1.29, 1.82) is 0 Å². The molecule has 3 rings (SSSR count). The highest BCUT2D eigenvalue weighted by atomic mass is 16.6. The molecule has 2 bridgehead atoms. The standard InChI is InChI=1S/C14H21N5O4/c1-17-10-3-4-11(17)6-9(5-10)15-13(20)8-18-7-12(19(21)22)14(16-18)23-2/h7,9-11H,3-6,8H2,1-2H3,(H,15,20). The number of methoxy groups -OCH3 is 1. The van der Waals surface area contributed by atoms with Crippen LogP contribution in [0.3, 0.4) is 0 Å². The molecule has 9 heteroatoms. The summed E-state index contributed by atoms with van der Waals surface area (Å²) in [6.45, 7) is -0.0497. The molecular weight excluding hydrogens is 302 g/mol. The lowest BCUT2D eigenvalue weighted by Crippen LogP contribution is -2.49. The van der Waals surface area contributed by atoms with Crippen LogP contribution >= 0.6 is 0 Å². The summed E-state index contributed by atoms with van der Waals surface area (Å²) in [5, 5.41) is 17.8. The Bertz CT molecular complexity index is 602. The van der Waals surface area contributed by atoms with Crippen molar-refractivity contribution in [2.75, 3.05) is 14.2 Å². The SMILES string of the molecule is COc1nn(CC(=O)NC2CC3CCC(C2)N3C)cc1[N+](=O)[O-]. The Balaban J connectivity index is 1.59. The lowest BCUT2D eigenvalue weighted by atomic mass is 9.98. The van der Waals surface area contributed by atoms with Crippen LogP contribution in [0.15, 0.2) is 6.20 Å². The van der Waals surface area contributed by atoms with Crippen molar-refractivity contribution < 1.29 is 14.5 Å². The van der Waals surface area contributed by atoms with Gasteiger partial charge in [-0.2, -0.15) is 0 Å². The molecule has 2 aliphatic heterocycles. The van der Waals surface area contributed by atoms with Crippen LogP contribution in [0, 0.1) is 10.1 Å². The fraction of sp³-hybridized carbons (Fsp3) is 0.714. The van der Waals surface area contributed by atoms with E-state index in [1.54, 1.807) is 0 Å². The molecule has 2 fully saturated rings. The number of carbonyl (C=O) groups excluding carboxylic acids is 1. The summed E-state index contributed by atoms with van der Waals surface area (Å²) in [6.07, 6.45) is 5.52. The van der Waals surface area contributed by atoms with Crippen LogP contribution in [0.4, 0.5) is 5.69 Å². The number of rotatable bonds is 5. The summed E-state index contributed by atoms with van der Waals surface area (Å²) in [5.74, 6) is -0.265. The molecule has 0 radical (unpaired) electrons. The smallest absolute Gasteiger partial charge is 0.350 e. The summed E-state index contributed by atoms with van der Waals surface area (Å²) in [7, 11) is 3.46. The minimum Gasteiger partial charge on any atom is -0.475 e. The van der Waals surface area contributed by atoms with E-state index >= 15 is 0 Å². The second kappa shape index (κ2) is 6.15. The lowest BCUT2D eigenvalue weighted by Gasteiger charge is -2.36. The first-order chi connectivity index (χ1) is 11.0. The van der Waals surface area contributed by atoms with Crippen LogP contribution in [0.1, 0.15) is 25.7 Å². The second-order valence-electron chi connectivity index (χ2n) is 6.26. The van der Waals surface area contributed by atoms with Crippen LogP contribution < -0.4 is 10.1 Å². The molecule has 1 N–H and O–H groups in total. The molecule has 2 unspecified atom stereocenters. The minimum atomic E-state index is -0.575. The first-order valence-electron chi connectivity index (χ1n) is 7.75. The van der Waals surface area contributed by atoms with Crippen LogP contribution in [-0.4, -0.2) is 57.8 Å². The van der Waals surface area contributed by atoms with Crippen LogP contribution in [0.2, 0.25) is 0 Å². The van der Waals surface area contributed by atoms with E-state index in [1.807, 2.05) is 0 Å². The number of fused-ring (bicyclic) bond motifs is 2. The van der Waals surface area contributed by atoms with Gasteiger partial charge in [0.2, 0.25) is 5.91 Å². The molecule has 0 saturated carbocycles. The zero-order valence-electron chi connectivity index (χ0n) is 13.3. The fourth-order valence-corrected chi connectivity index (χ4v) is 3.69. The molecule has 0 aromatic carbocycles. The average molecular weight is 323 g/mol. The van der Waals surface area contributed by atoms with E-state index in [4.69, 9.17) is 4.74 Å². The maximum absolute atomic E-state index is 12.2. The van der Waals surface area contributed by atoms with Gasteiger partial charge < -0.3 is 15.0 Å². The fourth-order valence-electron chi connectivity index (χ4n) is 3.69.